The van der Waals surface area contributed by atoms with E-state index >= 15 is 0 Å². The van der Waals surface area contributed by atoms with Crippen molar-refractivity contribution in [3.8, 4) is 0 Å². The van der Waals surface area contributed by atoms with Crippen molar-refractivity contribution in [3.63, 3.8) is 0 Å². The second kappa shape index (κ2) is 5.59. The van der Waals surface area contributed by atoms with Crippen molar-refractivity contribution in [2.45, 2.75) is 12.8 Å². The zero-order valence-corrected chi connectivity index (χ0v) is 12.4. The van der Waals surface area contributed by atoms with Crippen LogP contribution in [0.4, 0.5) is 0 Å². The van der Waals surface area contributed by atoms with Gasteiger partial charge in [-0.3, -0.25) is 4.79 Å². The molecule has 4 heteroatoms. The highest BCUT2D eigenvalue weighted by Gasteiger charge is 2.10. The highest BCUT2D eigenvalue weighted by atomic mass is 79.9. The molecule has 0 aliphatic carbocycles. The van der Waals surface area contributed by atoms with Crippen molar-refractivity contribution < 1.29 is 4.79 Å². The number of fused-ring (bicyclic) bond motifs is 1. The summed E-state index contributed by atoms with van der Waals surface area (Å²) < 4.78 is 2.96. The van der Waals surface area contributed by atoms with Gasteiger partial charge in [0.25, 0.3) is 0 Å². The Morgan fingerprint density at radius 1 is 1.10 bits per heavy atom. The number of pyridine rings is 1. The molecule has 0 aliphatic heterocycles. The molecule has 2 aromatic heterocycles. The largest absolute Gasteiger partial charge is 0.302 e. The van der Waals surface area contributed by atoms with Crippen molar-refractivity contribution in [1.82, 2.24) is 9.38 Å². The topological polar surface area (TPSA) is 34.4 Å². The molecule has 0 saturated heterocycles. The molecule has 0 bridgehead atoms. The minimum Gasteiger partial charge on any atom is -0.302 e. The molecule has 3 aromatic rings. The number of carbonyl (C=O) groups is 1. The lowest BCUT2D eigenvalue weighted by molar-refractivity contribution is 0.112. The molecule has 0 spiro atoms. The van der Waals surface area contributed by atoms with Gasteiger partial charge >= 0.3 is 0 Å². The van der Waals surface area contributed by atoms with E-state index in [0.29, 0.717) is 5.69 Å². The van der Waals surface area contributed by atoms with Crippen LogP contribution in [0, 0.1) is 0 Å². The van der Waals surface area contributed by atoms with E-state index in [0.717, 1.165) is 34.9 Å². The fourth-order valence-electron chi connectivity index (χ4n) is 2.31. The Hall–Kier alpha value is -1.94. The average molecular weight is 329 g/mol. The zero-order valence-electron chi connectivity index (χ0n) is 10.8. The predicted molar refractivity (Wildman–Crippen MR) is 82.1 cm³/mol. The molecule has 100 valence electrons. The summed E-state index contributed by atoms with van der Waals surface area (Å²) in [5, 5.41) is 0. The van der Waals surface area contributed by atoms with Gasteiger partial charge < -0.3 is 4.40 Å². The molecule has 3 nitrogen and oxygen atoms in total. The first kappa shape index (κ1) is 13.1. The molecule has 2 heterocycles. The maximum atomic E-state index is 11.1. The predicted octanol–water partition coefficient (Wildman–Crippen LogP) is 3.69. The second-order valence-corrected chi connectivity index (χ2v) is 5.53. The number of nitrogens with zero attached hydrogens (tertiary/aromatic N) is 2. The number of hydrogen-bond acceptors (Lipinski definition) is 2. The van der Waals surface area contributed by atoms with Crippen LogP contribution in [0.5, 0.6) is 0 Å². The number of rotatable bonds is 4. The first-order valence-electron chi connectivity index (χ1n) is 6.43. The van der Waals surface area contributed by atoms with Crippen LogP contribution in [0.25, 0.3) is 5.52 Å². The Morgan fingerprint density at radius 2 is 1.90 bits per heavy atom. The normalized spacial score (nSPS) is 10.8. The number of benzene rings is 1. The summed E-state index contributed by atoms with van der Waals surface area (Å²) in [6.45, 7) is 0. The fourth-order valence-corrected chi connectivity index (χ4v) is 2.65. The molecule has 0 unspecified atom stereocenters. The van der Waals surface area contributed by atoms with E-state index in [4.69, 9.17) is 0 Å². The fraction of sp³-hybridized carbons (Fsp3) is 0.125. The molecule has 0 N–H and O–H groups in total. The maximum Gasteiger partial charge on any atom is 0.170 e. The summed E-state index contributed by atoms with van der Waals surface area (Å²) in [6.07, 6.45) is 4.48. The quantitative estimate of drug-likeness (QED) is 0.684. The molecular weight excluding hydrogens is 316 g/mol. The summed E-state index contributed by atoms with van der Waals surface area (Å²) in [7, 11) is 0. The molecule has 1 aromatic carbocycles. The van der Waals surface area contributed by atoms with Crippen LogP contribution in [0.1, 0.15) is 21.9 Å². The Kier molecular flexibility index (Phi) is 3.65. The van der Waals surface area contributed by atoms with Gasteiger partial charge in [-0.1, -0.05) is 30.3 Å². The maximum absolute atomic E-state index is 11.1. The third-order valence-electron chi connectivity index (χ3n) is 3.29. The lowest BCUT2D eigenvalue weighted by Gasteiger charge is -2.02. The lowest BCUT2D eigenvalue weighted by atomic mass is 10.1. The summed E-state index contributed by atoms with van der Waals surface area (Å²) in [5.41, 5.74) is 2.62. The van der Waals surface area contributed by atoms with Gasteiger partial charge in [-0.05, 0) is 40.0 Å². The Labute approximate surface area is 125 Å². The van der Waals surface area contributed by atoms with Gasteiger partial charge in [-0.25, -0.2) is 4.98 Å². The van der Waals surface area contributed by atoms with Gasteiger partial charge in [-0.15, -0.1) is 0 Å². The molecule has 20 heavy (non-hydrogen) atoms. The van der Waals surface area contributed by atoms with Gasteiger partial charge in [-0.2, -0.15) is 0 Å². The standard InChI is InChI=1S/C16H13BrN2O/c17-13-7-8-15-14(11-20)18-16(19(15)10-13)9-6-12-4-2-1-3-5-12/h1-5,7-8,10-11H,6,9H2. The van der Waals surface area contributed by atoms with E-state index in [1.54, 1.807) is 0 Å². The van der Waals surface area contributed by atoms with E-state index < -0.39 is 0 Å². The third kappa shape index (κ3) is 2.51. The van der Waals surface area contributed by atoms with Gasteiger partial charge in [0.15, 0.2) is 6.29 Å². The smallest absolute Gasteiger partial charge is 0.170 e. The zero-order chi connectivity index (χ0) is 13.9. The first-order chi connectivity index (χ1) is 9.78. The van der Waals surface area contributed by atoms with E-state index in [-0.39, 0.29) is 0 Å². The van der Waals surface area contributed by atoms with E-state index in [1.807, 2.05) is 40.9 Å². The minimum atomic E-state index is 0.501. The number of imidazole rings is 1. The van der Waals surface area contributed by atoms with Crippen LogP contribution in [-0.2, 0) is 12.8 Å². The lowest BCUT2D eigenvalue weighted by Crippen LogP contribution is -1.98. The van der Waals surface area contributed by atoms with Crippen molar-refractivity contribution in [3.05, 3.63) is 70.2 Å². The SMILES string of the molecule is O=Cc1nc(CCc2ccccc2)n2cc(Br)ccc12. The summed E-state index contributed by atoms with van der Waals surface area (Å²) in [6, 6.07) is 14.1. The number of hydrogen-bond donors (Lipinski definition) is 0. The van der Waals surface area contributed by atoms with E-state index in [2.05, 4.69) is 33.0 Å². The first-order valence-corrected chi connectivity index (χ1v) is 7.23. The van der Waals surface area contributed by atoms with Gasteiger partial charge in [0, 0.05) is 17.1 Å². The summed E-state index contributed by atoms with van der Waals surface area (Å²) in [4.78, 5) is 15.5. The summed E-state index contributed by atoms with van der Waals surface area (Å²) in [5.74, 6) is 0.909. The molecule has 0 amide bonds. The van der Waals surface area contributed by atoms with Crippen LogP contribution in [-0.4, -0.2) is 15.7 Å². The highest BCUT2D eigenvalue weighted by Crippen LogP contribution is 2.18. The highest BCUT2D eigenvalue weighted by molar-refractivity contribution is 9.10. The Bertz CT molecular complexity index is 750. The second-order valence-electron chi connectivity index (χ2n) is 4.62. The third-order valence-corrected chi connectivity index (χ3v) is 3.76. The van der Waals surface area contributed by atoms with Gasteiger partial charge in [0.2, 0.25) is 0 Å². The van der Waals surface area contributed by atoms with E-state index in [9.17, 15) is 4.79 Å². The van der Waals surface area contributed by atoms with Crippen LogP contribution in [0.2, 0.25) is 0 Å². The molecule has 0 aliphatic rings. The number of carbonyl (C=O) groups excluding carboxylic acids is 1. The Morgan fingerprint density at radius 3 is 2.65 bits per heavy atom. The minimum absolute atomic E-state index is 0.501. The van der Waals surface area contributed by atoms with Crippen LogP contribution in [0.3, 0.4) is 0 Å². The van der Waals surface area contributed by atoms with Crippen LogP contribution in [0.15, 0.2) is 53.1 Å². The molecule has 0 radical (unpaired) electrons. The van der Waals surface area contributed by atoms with E-state index in [1.165, 1.54) is 5.56 Å². The van der Waals surface area contributed by atoms with Crippen molar-refractivity contribution >= 4 is 27.7 Å². The van der Waals surface area contributed by atoms with Gasteiger partial charge in [0.1, 0.15) is 11.5 Å². The van der Waals surface area contributed by atoms with Crippen molar-refractivity contribution in [1.29, 1.82) is 0 Å². The average Bonchev–Trinajstić information content (AvgIpc) is 2.83. The molecule has 0 fully saturated rings. The number of aromatic nitrogens is 2. The van der Waals surface area contributed by atoms with Crippen LogP contribution >= 0.6 is 15.9 Å². The van der Waals surface area contributed by atoms with Crippen molar-refractivity contribution in [2.75, 3.05) is 0 Å². The monoisotopic (exact) mass is 328 g/mol. The van der Waals surface area contributed by atoms with Gasteiger partial charge in [0.05, 0.1) is 5.52 Å². The van der Waals surface area contributed by atoms with Crippen molar-refractivity contribution in [2.24, 2.45) is 0 Å². The number of halogens is 1. The number of aldehydes is 1. The molecule has 0 atom stereocenters. The molecule has 3 rings (SSSR count). The summed E-state index contributed by atoms with van der Waals surface area (Å²) >= 11 is 3.46. The number of aryl methyl sites for hydroxylation is 2. The van der Waals surface area contributed by atoms with Crippen LogP contribution < -0.4 is 0 Å². The Balaban J connectivity index is 1.95. The molecule has 0 saturated carbocycles. The molecular formula is C16H13BrN2O.